The molecule has 2 N–H and O–H groups in total. The van der Waals surface area contributed by atoms with Crippen LogP contribution in [0.1, 0.15) is 18.5 Å². The van der Waals surface area contributed by atoms with Gasteiger partial charge in [0.15, 0.2) is 5.11 Å². The van der Waals surface area contributed by atoms with Gasteiger partial charge >= 0.3 is 0 Å². The molecule has 0 aliphatic heterocycles. The van der Waals surface area contributed by atoms with Gasteiger partial charge in [-0.3, -0.25) is 0 Å². The van der Waals surface area contributed by atoms with Crippen molar-refractivity contribution in [1.29, 1.82) is 0 Å². The minimum absolute atomic E-state index is 0.170. The first-order chi connectivity index (χ1) is 9.16. The van der Waals surface area contributed by atoms with Gasteiger partial charge < -0.3 is 10.6 Å². The van der Waals surface area contributed by atoms with E-state index in [1.54, 1.807) is 0 Å². The Hall–Kier alpha value is -1.39. The Morgan fingerprint density at radius 1 is 1.05 bits per heavy atom. The average molecular weight is 335 g/mol. The molecule has 0 spiro atoms. The van der Waals surface area contributed by atoms with E-state index in [9.17, 15) is 0 Å². The smallest absolute Gasteiger partial charge is 0.171 e. The van der Waals surface area contributed by atoms with Crippen LogP contribution in [0, 0.1) is 0 Å². The fraction of sp³-hybridized carbons (Fsp3) is 0.133. The molecule has 0 bridgehead atoms. The molecule has 2 aromatic rings. The predicted octanol–water partition coefficient (Wildman–Crippen LogP) is 4.50. The number of nitrogens with one attached hydrogen (secondary N) is 2. The van der Waals surface area contributed by atoms with E-state index in [4.69, 9.17) is 12.2 Å². The molecule has 2 aromatic carbocycles. The molecular formula is C15H15BrN2S. The predicted molar refractivity (Wildman–Crippen MR) is 88.4 cm³/mol. The van der Waals surface area contributed by atoms with Gasteiger partial charge in [-0.1, -0.05) is 42.5 Å². The zero-order valence-electron chi connectivity index (χ0n) is 10.6. The van der Waals surface area contributed by atoms with Crippen molar-refractivity contribution >= 4 is 38.9 Å². The summed E-state index contributed by atoms with van der Waals surface area (Å²) in [4.78, 5) is 0. The number of halogens is 1. The molecule has 0 aliphatic rings. The molecule has 98 valence electrons. The largest absolute Gasteiger partial charge is 0.356 e. The molecular weight excluding hydrogens is 320 g/mol. The Kier molecular flexibility index (Phi) is 4.93. The van der Waals surface area contributed by atoms with Crippen LogP contribution in [-0.2, 0) is 0 Å². The van der Waals surface area contributed by atoms with Crippen molar-refractivity contribution < 1.29 is 0 Å². The molecule has 0 aliphatic carbocycles. The van der Waals surface area contributed by atoms with Crippen molar-refractivity contribution in [3.05, 3.63) is 64.6 Å². The molecule has 19 heavy (non-hydrogen) atoms. The van der Waals surface area contributed by atoms with Gasteiger partial charge in [0.05, 0.1) is 11.7 Å². The highest BCUT2D eigenvalue weighted by molar-refractivity contribution is 9.10. The maximum Gasteiger partial charge on any atom is 0.171 e. The Morgan fingerprint density at radius 2 is 1.68 bits per heavy atom. The zero-order valence-corrected chi connectivity index (χ0v) is 13.0. The second kappa shape index (κ2) is 6.68. The third-order valence-electron chi connectivity index (χ3n) is 2.77. The molecule has 0 saturated heterocycles. The first-order valence-corrected chi connectivity index (χ1v) is 7.24. The van der Waals surface area contributed by atoms with E-state index in [-0.39, 0.29) is 6.04 Å². The van der Waals surface area contributed by atoms with Crippen LogP contribution in [0.3, 0.4) is 0 Å². The molecule has 4 heteroatoms. The second-order valence-corrected chi connectivity index (χ2v) is 5.47. The molecule has 1 unspecified atom stereocenters. The fourth-order valence-corrected chi connectivity index (χ4v) is 2.41. The van der Waals surface area contributed by atoms with Crippen molar-refractivity contribution in [2.24, 2.45) is 0 Å². The SMILES string of the molecule is CC(NC(=S)Nc1ccccc1Br)c1ccccc1. The second-order valence-electron chi connectivity index (χ2n) is 4.21. The normalized spacial score (nSPS) is 11.7. The zero-order chi connectivity index (χ0) is 13.7. The Labute approximate surface area is 127 Å². The molecule has 2 rings (SSSR count). The third-order valence-corrected chi connectivity index (χ3v) is 3.68. The van der Waals surface area contributed by atoms with Gasteiger partial charge in [-0.05, 0) is 52.8 Å². The third kappa shape index (κ3) is 4.04. The van der Waals surface area contributed by atoms with Gasteiger partial charge in [0.2, 0.25) is 0 Å². The summed E-state index contributed by atoms with van der Waals surface area (Å²) in [6.45, 7) is 2.09. The van der Waals surface area contributed by atoms with E-state index in [2.05, 4.69) is 45.6 Å². The van der Waals surface area contributed by atoms with E-state index < -0.39 is 0 Å². The van der Waals surface area contributed by atoms with Crippen LogP contribution in [0.4, 0.5) is 5.69 Å². The van der Waals surface area contributed by atoms with Crippen molar-refractivity contribution in [2.45, 2.75) is 13.0 Å². The van der Waals surface area contributed by atoms with E-state index in [0.29, 0.717) is 5.11 Å². The minimum atomic E-state index is 0.170. The maximum atomic E-state index is 5.33. The van der Waals surface area contributed by atoms with Crippen molar-refractivity contribution in [2.75, 3.05) is 5.32 Å². The monoisotopic (exact) mass is 334 g/mol. The van der Waals surface area contributed by atoms with Crippen LogP contribution in [0.15, 0.2) is 59.1 Å². The van der Waals surface area contributed by atoms with Gasteiger partial charge in [-0.2, -0.15) is 0 Å². The van der Waals surface area contributed by atoms with Crippen LogP contribution < -0.4 is 10.6 Å². The standard InChI is InChI=1S/C15H15BrN2S/c1-11(12-7-3-2-4-8-12)17-15(19)18-14-10-6-5-9-13(14)16/h2-11H,1H3,(H2,17,18,19). The summed E-state index contributed by atoms with van der Waals surface area (Å²) >= 11 is 8.81. The minimum Gasteiger partial charge on any atom is -0.356 e. The van der Waals surface area contributed by atoms with E-state index in [1.807, 2.05) is 42.5 Å². The molecule has 0 fully saturated rings. The first-order valence-electron chi connectivity index (χ1n) is 6.04. The summed E-state index contributed by atoms with van der Waals surface area (Å²) in [7, 11) is 0. The molecule has 0 saturated carbocycles. The van der Waals surface area contributed by atoms with Crippen molar-refractivity contribution in [3.63, 3.8) is 0 Å². The summed E-state index contributed by atoms with van der Waals surface area (Å²) in [5.41, 5.74) is 2.17. The van der Waals surface area contributed by atoms with Crippen molar-refractivity contribution in [1.82, 2.24) is 5.32 Å². The van der Waals surface area contributed by atoms with Gasteiger partial charge in [0, 0.05) is 4.47 Å². The first kappa shape index (κ1) is 14.0. The lowest BCUT2D eigenvalue weighted by Gasteiger charge is -2.17. The molecule has 0 aromatic heterocycles. The van der Waals surface area contributed by atoms with E-state index in [0.717, 1.165) is 10.2 Å². The summed E-state index contributed by atoms with van der Waals surface area (Å²) < 4.78 is 0.992. The number of anilines is 1. The Bertz CT molecular complexity index is 557. The Morgan fingerprint density at radius 3 is 2.37 bits per heavy atom. The number of hydrogen-bond acceptors (Lipinski definition) is 1. The highest BCUT2D eigenvalue weighted by atomic mass is 79.9. The quantitative estimate of drug-likeness (QED) is 0.808. The average Bonchev–Trinajstić information content (AvgIpc) is 2.42. The molecule has 0 heterocycles. The number of hydrogen-bond donors (Lipinski definition) is 2. The van der Waals surface area contributed by atoms with Crippen LogP contribution in [0.25, 0.3) is 0 Å². The molecule has 0 radical (unpaired) electrons. The topological polar surface area (TPSA) is 24.1 Å². The summed E-state index contributed by atoms with van der Waals surface area (Å²) in [6, 6.07) is 18.3. The van der Waals surface area contributed by atoms with Gasteiger partial charge in [0.1, 0.15) is 0 Å². The number of thiocarbonyl (C=S) groups is 1. The fourth-order valence-electron chi connectivity index (χ4n) is 1.74. The number of para-hydroxylation sites is 1. The van der Waals surface area contributed by atoms with Crippen LogP contribution in [-0.4, -0.2) is 5.11 Å². The lowest BCUT2D eigenvalue weighted by Crippen LogP contribution is -2.30. The van der Waals surface area contributed by atoms with Crippen molar-refractivity contribution in [3.8, 4) is 0 Å². The lowest BCUT2D eigenvalue weighted by molar-refractivity contribution is 0.722. The molecule has 1 atom stereocenters. The summed E-state index contributed by atoms with van der Waals surface area (Å²) in [5.74, 6) is 0. The van der Waals surface area contributed by atoms with Gasteiger partial charge in [0.25, 0.3) is 0 Å². The van der Waals surface area contributed by atoms with Crippen LogP contribution >= 0.6 is 28.1 Å². The van der Waals surface area contributed by atoms with Crippen LogP contribution in [0.2, 0.25) is 0 Å². The van der Waals surface area contributed by atoms with Gasteiger partial charge in [-0.25, -0.2) is 0 Å². The maximum absolute atomic E-state index is 5.33. The van der Waals surface area contributed by atoms with E-state index in [1.165, 1.54) is 5.56 Å². The highest BCUT2D eigenvalue weighted by Gasteiger charge is 2.07. The number of rotatable bonds is 3. The summed E-state index contributed by atoms with van der Waals surface area (Å²) in [5, 5.41) is 7.07. The summed E-state index contributed by atoms with van der Waals surface area (Å²) in [6.07, 6.45) is 0. The van der Waals surface area contributed by atoms with Crippen LogP contribution in [0.5, 0.6) is 0 Å². The Balaban J connectivity index is 1.97. The molecule has 2 nitrogen and oxygen atoms in total. The highest BCUT2D eigenvalue weighted by Crippen LogP contribution is 2.21. The lowest BCUT2D eigenvalue weighted by atomic mass is 10.1. The molecule has 0 amide bonds. The van der Waals surface area contributed by atoms with E-state index >= 15 is 0 Å². The number of benzene rings is 2. The van der Waals surface area contributed by atoms with Gasteiger partial charge in [-0.15, -0.1) is 0 Å².